The molecule has 3 nitrogen and oxygen atoms in total. The molecule has 0 amide bonds. The number of rotatable bonds is 6. The van der Waals surface area contributed by atoms with Gasteiger partial charge in [0.1, 0.15) is 17.2 Å². The number of hydrogen-bond donors (Lipinski definition) is 0. The highest BCUT2D eigenvalue weighted by molar-refractivity contribution is 6.30. The summed E-state index contributed by atoms with van der Waals surface area (Å²) in [4.78, 5) is 8.34. The van der Waals surface area contributed by atoms with Gasteiger partial charge in [-0.2, -0.15) is 0 Å². The molecule has 5 heteroatoms. The van der Waals surface area contributed by atoms with E-state index in [1.54, 1.807) is 7.11 Å². The van der Waals surface area contributed by atoms with Gasteiger partial charge in [0.15, 0.2) is 0 Å². The summed E-state index contributed by atoms with van der Waals surface area (Å²) in [6.45, 7) is 0. The first-order valence-electron chi connectivity index (χ1n) is 6.41. The van der Waals surface area contributed by atoms with E-state index in [1.165, 1.54) is 11.9 Å². The highest BCUT2D eigenvalue weighted by Crippen LogP contribution is 2.19. The van der Waals surface area contributed by atoms with Crippen molar-refractivity contribution in [2.45, 2.75) is 19.3 Å². The van der Waals surface area contributed by atoms with Gasteiger partial charge >= 0.3 is 0 Å². The van der Waals surface area contributed by atoms with Crippen LogP contribution in [0.5, 0.6) is 5.75 Å². The van der Waals surface area contributed by atoms with Crippen LogP contribution in [0, 0.1) is 0 Å². The Morgan fingerprint density at radius 3 is 2.45 bits per heavy atom. The van der Waals surface area contributed by atoms with Crippen molar-refractivity contribution >= 4 is 23.2 Å². The molecule has 0 saturated heterocycles. The Bertz CT molecular complexity index is 558. The van der Waals surface area contributed by atoms with Crippen LogP contribution in [0.3, 0.4) is 0 Å². The summed E-state index contributed by atoms with van der Waals surface area (Å²) in [6, 6.07) is 8.04. The highest BCUT2D eigenvalue weighted by atomic mass is 35.5. The Morgan fingerprint density at radius 1 is 1.05 bits per heavy atom. The smallest absolute Gasteiger partial charge is 0.135 e. The molecule has 0 bridgehead atoms. The summed E-state index contributed by atoms with van der Waals surface area (Å²) >= 11 is 11.9. The first-order valence-corrected chi connectivity index (χ1v) is 7.33. The van der Waals surface area contributed by atoms with Gasteiger partial charge in [0.05, 0.1) is 7.11 Å². The minimum Gasteiger partial charge on any atom is -0.497 e. The molecular formula is C15H16Cl2N2O. The second-order valence-electron chi connectivity index (χ2n) is 4.38. The van der Waals surface area contributed by atoms with Crippen molar-refractivity contribution in [1.82, 2.24) is 9.97 Å². The molecule has 1 heterocycles. The number of halogens is 2. The van der Waals surface area contributed by atoms with E-state index in [1.807, 2.05) is 12.1 Å². The van der Waals surface area contributed by atoms with Gasteiger partial charge in [-0.1, -0.05) is 23.7 Å². The van der Waals surface area contributed by atoms with E-state index in [9.17, 15) is 0 Å². The van der Waals surface area contributed by atoms with Gasteiger partial charge in [0.2, 0.25) is 0 Å². The van der Waals surface area contributed by atoms with E-state index in [4.69, 9.17) is 27.9 Å². The SMILES string of the molecule is COc1ccc(CCc2ncnc(Cl)c2CCCl)cc1. The molecule has 0 atom stereocenters. The zero-order valence-electron chi connectivity index (χ0n) is 11.3. The van der Waals surface area contributed by atoms with E-state index in [2.05, 4.69) is 22.1 Å². The molecule has 0 unspecified atom stereocenters. The first-order chi connectivity index (χ1) is 9.74. The molecule has 2 rings (SSSR count). The Morgan fingerprint density at radius 2 is 1.80 bits per heavy atom. The Hall–Kier alpha value is -1.32. The summed E-state index contributed by atoms with van der Waals surface area (Å²) < 4.78 is 5.15. The highest BCUT2D eigenvalue weighted by Gasteiger charge is 2.09. The van der Waals surface area contributed by atoms with Crippen molar-refractivity contribution in [2.75, 3.05) is 13.0 Å². The molecule has 0 radical (unpaired) electrons. The molecule has 0 saturated carbocycles. The van der Waals surface area contributed by atoms with Crippen molar-refractivity contribution in [3.8, 4) is 5.75 Å². The average Bonchev–Trinajstić information content (AvgIpc) is 2.48. The molecule has 0 aliphatic heterocycles. The zero-order chi connectivity index (χ0) is 14.4. The fraction of sp³-hybridized carbons (Fsp3) is 0.333. The third kappa shape index (κ3) is 3.84. The standard InChI is InChI=1S/C15H16Cl2N2O/c1-20-12-5-2-11(3-6-12)4-7-14-13(8-9-16)15(17)19-10-18-14/h2-3,5-6,10H,4,7-9H2,1H3. The lowest BCUT2D eigenvalue weighted by Gasteiger charge is -2.09. The molecule has 20 heavy (non-hydrogen) atoms. The Labute approximate surface area is 128 Å². The van der Waals surface area contributed by atoms with E-state index in [-0.39, 0.29) is 0 Å². The summed E-state index contributed by atoms with van der Waals surface area (Å²) in [6.07, 6.45) is 3.91. The minimum absolute atomic E-state index is 0.505. The van der Waals surface area contributed by atoms with Crippen molar-refractivity contribution in [2.24, 2.45) is 0 Å². The lowest BCUT2D eigenvalue weighted by molar-refractivity contribution is 0.414. The van der Waals surface area contributed by atoms with Crippen LogP contribution in [0.25, 0.3) is 0 Å². The predicted octanol–water partition coefficient (Wildman–Crippen LogP) is 3.71. The van der Waals surface area contributed by atoms with Gasteiger partial charge < -0.3 is 4.74 Å². The van der Waals surface area contributed by atoms with E-state index >= 15 is 0 Å². The van der Waals surface area contributed by atoms with Gasteiger partial charge in [-0.25, -0.2) is 9.97 Å². The number of hydrogen-bond acceptors (Lipinski definition) is 3. The molecule has 2 aromatic rings. The fourth-order valence-corrected chi connectivity index (χ4v) is 2.47. The van der Waals surface area contributed by atoms with Crippen LogP contribution < -0.4 is 4.74 Å². The van der Waals surface area contributed by atoms with Gasteiger partial charge in [-0.05, 0) is 37.0 Å². The number of methoxy groups -OCH3 is 1. The van der Waals surface area contributed by atoms with Crippen molar-refractivity contribution in [3.63, 3.8) is 0 Å². The largest absolute Gasteiger partial charge is 0.497 e. The van der Waals surface area contributed by atoms with E-state index in [0.717, 1.165) is 29.8 Å². The van der Waals surface area contributed by atoms with Crippen LogP contribution in [0.2, 0.25) is 5.15 Å². The van der Waals surface area contributed by atoms with Crippen LogP contribution in [0.15, 0.2) is 30.6 Å². The minimum atomic E-state index is 0.505. The molecule has 1 aromatic carbocycles. The third-order valence-corrected chi connectivity index (χ3v) is 3.65. The average molecular weight is 311 g/mol. The maximum atomic E-state index is 6.10. The van der Waals surface area contributed by atoms with E-state index < -0.39 is 0 Å². The third-order valence-electron chi connectivity index (χ3n) is 3.14. The van der Waals surface area contributed by atoms with Gasteiger partial charge in [0.25, 0.3) is 0 Å². The summed E-state index contributed by atoms with van der Waals surface area (Å²) in [5.74, 6) is 1.38. The van der Waals surface area contributed by atoms with E-state index in [0.29, 0.717) is 17.5 Å². The zero-order valence-corrected chi connectivity index (χ0v) is 12.8. The lowest BCUT2D eigenvalue weighted by Crippen LogP contribution is -2.03. The molecule has 1 aromatic heterocycles. The Kier molecular flexibility index (Phi) is 5.62. The maximum absolute atomic E-state index is 6.10. The number of aryl methyl sites for hydroxylation is 2. The lowest BCUT2D eigenvalue weighted by atomic mass is 10.0. The summed E-state index contributed by atoms with van der Waals surface area (Å²) in [5.41, 5.74) is 3.16. The quantitative estimate of drug-likeness (QED) is 0.602. The number of aromatic nitrogens is 2. The monoisotopic (exact) mass is 310 g/mol. The summed E-state index contributed by atoms with van der Waals surface area (Å²) in [5, 5.41) is 0.505. The van der Waals surface area contributed by atoms with Crippen molar-refractivity contribution in [3.05, 3.63) is 52.6 Å². The molecular weight excluding hydrogens is 295 g/mol. The number of benzene rings is 1. The van der Waals surface area contributed by atoms with Crippen molar-refractivity contribution < 1.29 is 4.74 Å². The van der Waals surface area contributed by atoms with Gasteiger partial charge in [0, 0.05) is 17.1 Å². The van der Waals surface area contributed by atoms with Crippen LogP contribution >= 0.6 is 23.2 Å². The second kappa shape index (κ2) is 7.46. The van der Waals surface area contributed by atoms with Gasteiger partial charge in [-0.15, -0.1) is 11.6 Å². The molecule has 0 spiro atoms. The van der Waals surface area contributed by atoms with Crippen LogP contribution in [-0.2, 0) is 19.3 Å². The van der Waals surface area contributed by atoms with Crippen LogP contribution in [0.4, 0.5) is 0 Å². The topological polar surface area (TPSA) is 35.0 Å². The second-order valence-corrected chi connectivity index (χ2v) is 5.11. The molecule has 106 valence electrons. The normalized spacial score (nSPS) is 10.6. The molecule has 0 aliphatic rings. The van der Waals surface area contributed by atoms with Crippen LogP contribution in [0.1, 0.15) is 16.8 Å². The maximum Gasteiger partial charge on any atom is 0.135 e. The molecule has 0 aliphatic carbocycles. The molecule has 0 fully saturated rings. The first kappa shape index (κ1) is 15.1. The fourth-order valence-electron chi connectivity index (χ4n) is 2.04. The number of nitrogens with zero attached hydrogens (tertiary/aromatic N) is 2. The van der Waals surface area contributed by atoms with Crippen molar-refractivity contribution in [1.29, 1.82) is 0 Å². The number of ether oxygens (including phenoxy) is 1. The molecule has 0 N–H and O–H groups in total. The summed E-state index contributed by atoms with van der Waals surface area (Å²) in [7, 11) is 1.66. The van der Waals surface area contributed by atoms with Crippen LogP contribution in [-0.4, -0.2) is 23.0 Å². The predicted molar refractivity (Wildman–Crippen MR) is 81.9 cm³/mol. The number of alkyl halides is 1. The Balaban J connectivity index is 2.08. The van der Waals surface area contributed by atoms with Gasteiger partial charge in [-0.3, -0.25) is 0 Å².